The van der Waals surface area contributed by atoms with Gasteiger partial charge < -0.3 is 65.7 Å². The van der Waals surface area contributed by atoms with Gasteiger partial charge in [0.05, 0.1) is 75.5 Å². The van der Waals surface area contributed by atoms with E-state index in [0.717, 1.165) is 182 Å². The Hall–Kier alpha value is -9.74. The van der Waals surface area contributed by atoms with Crippen molar-refractivity contribution in [2.24, 2.45) is 27.7 Å². The largest absolute Gasteiger partial charge is 0.480 e. The van der Waals surface area contributed by atoms with Gasteiger partial charge in [-0.25, -0.2) is 29.1 Å². The number of imidazole rings is 2. The van der Waals surface area contributed by atoms with Gasteiger partial charge in [-0.15, -0.1) is 0 Å². The zero-order chi connectivity index (χ0) is 83.1. The van der Waals surface area contributed by atoms with Crippen molar-refractivity contribution in [1.29, 1.82) is 0 Å². The second-order valence-electron chi connectivity index (χ2n) is 36.9. The zero-order valence-corrected chi connectivity index (χ0v) is 71.3. The summed E-state index contributed by atoms with van der Waals surface area (Å²) >= 11 is 0. The van der Waals surface area contributed by atoms with Crippen molar-refractivity contribution in [2.75, 3.05) is 54.1 Å². The molecule has 5 amide bonds. The van der Waals surface area contributed by atoms with E-state index in [1.807, 2.05) is 22.2 Å². The summed E-state index contributed by atoms with van der Waals surface area (Å²) in [4.78, 5) is 106. The van der Waals surface area contributed by atoms with Crippen molar-refractivity contribution in [1.82, 2.24) is 56.3 Å². The molecule has 2 spiro atoms. The smallest absolute Gasteiger partial charge is 0.407 e. The minimum Gasteiger partial charge on any atom is -0.480 e. The number of aliphatic imine (C=N–C) groups is 2. The molecule has 4 aromatic carbocycles. The predicted octanol–water partition coefficient (Wildman–Crippen LogP) is 17.8. The number of likely N-dealkylation sites (tertiary alicyclic amines) is 2. The summed E-state index contributed by atoms with van der Waals surface area (Å²) in [6.45, 7) is 4.13. The van der Waals surface area contributed by atoms with Gasteiger partial charge in [0.25, 0.3) is 0 Å². The number of carboxylic acids is 1. The number of aromatic amines is 2. The number of allylic oxidation sites excluding steroid dienone is 1. The van der Waals surface area contributed by atoms with Crippen molar-refractivity contribution in [3.05, 3.63) is 142 Å². The first-order valence-electron chi connectivity index (χ1n) is 46.2. The summed E-state index contributed by atoms with van der Waals surface area (Å²) in [5.74, 6) is 1.08. The minimum absolute atomic E-state index is 0.00158. The zero-order valence-electron chi connectivity index (χ0n) is 71.3. The van der Waals surface area contributed by atoms with Crippen LogP contribution in [0.2, 0.25) is 0 Å². The number of carbonyl (C=O) groups excluding carboxylic acids is 5. The highest BCUT2D eigenvalue weighted by atomic mass is 16.5. The Labute approximate surface area is 712 Å². The van der Waals surface area contributed by atoms with Crippen molar-refractivity contribution in [3.63, 3.8) is 0 Å². The summed E-state index contributed by atoms with van der Waals surface area (Å²) in [7, 11) is 3.94. The number of hydrogen-bond acceptors (Lipinski definition) is 15. The first-order valence-corrected chi connectivity index (χ1v) is 46.2. The van der Waals surface area contributed by atoms with Gasteiger partial charge in [-0.1, -0.05) is 156 Å². The van der Waals surface area contributed by atoms with E-state index in [1.54, 1.807) is 11.1 Å². The van der Waals surface area contributed by atoms with E-state index in [1.165, 1.54) is 185 Å². The van der Waals surface area contributed by atoms with Crippen LogP contribution in [0.25, 0.3) is 55.9 Å². The fourth-order valence-electron chi connectivity index (χ4n) is 23.8. The molecule has 23 nitrogen and oxygen atoms in total. The number of nitrogens with zero attached hydrogens (tertiary/aromatic N) is 6. The fraction of sp³-hybridized carbons (Fsp3) is 0.571. The van der Waals surface area contributed by atoms with E-state index >= 15 is 0 Å². The third-order valence-electron chi connectivity index (χ3n) is 30.0. The second kappa shape index (κ2) is 37.5. The molecule has 6 aromatic rings. The van der Waals surface area contributed by atoms with Crippen molar-refractivity contribution >= 4 is 58.6 Å². The van der Waals surface area contributed by atoms with Gasteiger partial charge in [-0.3, -0.25) is 19.6 Å². The molecule has 8 N–H and O–H groups in total. The fourth-order valence-corrected chi connectivity index (χ4v) is 23.8. The highest BCUT2D eigenvalue weighted by Crippen LogP contribution is 2.57. The van der Waals surface area contributed by atoms with E-state index in [-0.39, 0.29) is 47.1 Å². The van der Waals surface area contributed by atoms with Crippen LogP contribution in [-0.4, -0.2) is 167 Å². The van der Waals surface area contributed by atoms with E-state index < -0.39 is 42.4 Å². The van der Waals surface area contributed by atoms with Crippen LogP contribution in [0.4, 0.5) is 14.4 Å². The molecule has 0 radical (unpaired) electrons. The lowest BCUT2D eigenvalue weighted by atomic mass is 9.76. The normalized spacial score (nSPS) is 23.7. The predicted molar refractivity (Wildman–Crippen MR) is 471 cm³/mol. The third kappa shape index (κ3) is 17.7. The van der Waals surface area contributed by atoms with Gasteiger partial charge in [0, 0.05) is 37.5 Å². The summed E-state index contributed by atoms with van der Waals surface area (Å²) in [6, 6.07) is 26.2. The van der Waals surface area contributed by atoms with Gasteiger partial charge in [0.15, 0.2) is 0 Å². The topological polar surface area (TPSA) is 299 Å². The maximum atomic E-state index is 14.3. The molecular formula is C98H125N13O10. The quantitative estimate of drug-likeness (QED) is 0.0350. The molecule has 13 aliphatic rings. The van der Waals surface area contributed by atoms with Crippen LogP contribution in [0.5, 0.6) is 0 Å². The van der Waals surface area contributed by atoms with Gasteiger partial charge in [0.2, 0.25) is 11.8 Å². The number of aliphatic carboxylic acids is 1. The number of hydrogen-bond donors (Lipinski definition) is 8. The van der Waals surface area contributed by atoms with Gasteiger partial charge in [-0.05, 0) is 267 Å². The van der Waals surface area contributed by atoms with E-state index in [9.17, 15) is 28.8 Å². The number of amides is 5. The molecular weight excluding hydrogens is 1520 g/mol. The first kappa shape index (κ1) is 83.5. The van der Waals surface area contributed by atoms with E-state index in [0.29, 0.717) is 37.1 Å². The first-order chi connectivity index (χ1) is 59.2. The number of nitrogens with one attached hydrogen (secondary N) is 7. The molecule has 1 unspecified atom stereocenters. The second-order valence-corrected chi connectivity index (χ2v) is 36.9. The molecule has 5 saturated carbocycles. The average molecular weight is 1650 g/mol. The Balaban J connectivity index is 0.000000161. The Morgan fingerprint density at radius 3 is 1.36 bits per heavy atom. The van der Waals surface area contributed by atoms with Crippen molar-refractivity contribution in [2.45, 2.75) is 284 Å². The lowest BCUT2D eigenvalue weighted by molar-refractivity contribution is -0.141. The molecule has 19 rings (SSSR count). The maximum Gasteiger partial charge on any atom is 0.407 e. The summed E-state index contributed by atoms with van der Waals surface area (Å²) in [6.07, 6.45) is 46.3. The number of benzene rings is 4. The van der Waals surface area contributed by atoms with Crippen LogP contribution in [0.1, 0.15) is 275 Å². The molecule has 0 bridgehead atoms. The number of H-pyrrole nitrogens is 2. The summed E-state index contributed by atoms with van der Waals surface area (Å²) < 4.78 is 14.3. The molecule has 9 fully saturated rings. The molecule has 8 heterocycles. The summed E-state index contributed by atoms with van der Waals surface area (Å²) in [5.41, 5.74) is 24.2. The van der Waals surface area contributed by atoms with E-state index in [4.69, 9.17) is 34.5 Å². The molecule has 23 heteroatoms. The maximum absolute atomic E-state index is 14.3. The molecule has 4 saturated heterocycles. The van der Waals surface area contributed by atoms with Crippen LogP contribution < -0.4 is 26.6 Å². The van der Waals surface area contributed by atoms with E-state index in [2.05, 4.69) is 126 Å². The van der Waals surface area contributed by atoms with Gasteiger partial charge in [-0.2, -0.15) is 0 Å². The van der Waals surface area contributed by atoms with Crippen LogP contribution in [0, 0.1) is 17.8 Å². The van der Waals surface area contributed by atoms with Crippen molar-refractivity contribution in [3.8, 4) is 44.8 Å². The van der Waals surface area contributed by atoms with Crippen LogP contribution in [0.15, 0.2) is 107 Å². The molecule has 2 aromatic heterocycles. The monoisotopic (exact) mass is 1640 g/mol. The number of carbonyl (C=O) groups is 6. The number of ether oxygens (including phenoxy) is 3. The van der Waals surface area contributed by atoms with Crippen molar-refractivity contribution < 1.29 is 48.1 Å². The molecule has 642 valence electrons. The Morgan fingerprint density at radius 2 is 0.884 bits per heavy atom. The Kier molecular flexibility index (Phi) is 25.9. The Morgan fingerprint density at radius 1 is 0.455 bits per heavy atom. The Bertz CT molecular complexity index is 4860. The molecule has 121 heavy (non-hydrogen) atoms. The van der Waals surface area contributed by atoms with Gasteiger partial charge >= 0.3 is 24.2 Å². The number of carboxylic acid groups (broad SMARTS) is 1. The number of fused-ring (bicyclic) bond motifs is 4. The lowest BCUT2D eigenvalue weighted by Gasteiger charge is -2.34. The SMILES string of the molecule is C1=C(c2ccc(-c3ccc(-c4cnc([C@@H]5CCCN5)[nH]4)cc3)c3c2CCC32CCCC2)CC([C@@H]2CCCN2)=N1.COC(=O)N[C@H](C(=O)N1CCCC1C1=NCC(c2ccc(-c3ccc(-c4cnc([C@@H]5CCCN5C(=O)[C@@H](NC(=O)OC)C5CCCCC5)[nH]4)cc3)c3c2CCC32CCCC2)=C1)C1CCCCC1.COC(=O)N[C@H](C(=O)O)C1CCCCC1. The number of methoxy groups -OCH3 is 3. The molecule has 7 aliphatic carbocycles. The minimum atomic E-state index is -0.979. The number of alkyl carbamates (subject to hydrolysis) is 3. The number of rotatable bonds is 19. The van der Waals surface area contributed by atoms with Gasteiger partial charge in [0.1, 0.15) is 29.8 Å². The highest BCUT2D eigenvalue weighted by Gasteiger charge is 2.48. The number of aromatic nitrogens is 4. The standard InChI is InChI=1S/C54H69N7O6.C34H39N5.C10H17NO4/c1-66-52(64)58-47(36-13-5-3-6-14-36)50(62)60-29-11-17-44(60)42-31-38(32-55-42)39-23-24-40(46-41(39)25-28-54(46)26-9-10-27-54)34-19-21-35(22-20-34)43-33-56-49(57-43)45-18-12-30-61(45)51(63)48(59-53(65)67-2)37-15-7-4-8-16-37;1-2-15-34(14-1)16-13-27-25(24-19-30(37-20-24)28-5-3-17-35-28)11-12-26(32(27)34)22-7-9-23(10-8-22)31-21-38-33(39-31)29-6-4-18-36-29;1-15-10(14)11-8(9(12)13)7-5-3-2-4-6-7/h19-24,31,33,36-37,44-45,47-48H,3-18,25-30,32H2,1-2H3,(H,56,57)(H,58,64)(H,59,65);7-12,20-21,28-29,35-36H,1-6,13-19H2,(H,38,39);7-8H,2-6H2,1H3,(H,11,14)(H,12,13)/t44?,45-,47-,48-;28-,29-;8-/m000/s1. The molecule has 7 atom stereocenters. The lowest BCUT2D eigenvalue weighted by Crippen LogP contribution is -2.54. The highest BCUT2D eigenvalue weighted by molar-refractivity contribution is 6.10. The van der Waals surface area contributed by atoms with Crippen LogP contribution >= 0.6 is 0 Å². The van der Waals surface area contributed by atoms with Crippen LogP contribution in [-0.2, 0) is 52.3 Å². The third-order valence-corrected chi connectivity index (χ3v) is 30.0. The average Bonchev–Trinajstić information content (AvgIpc) is 1.58. The van der Waals surface area contributed by atoms with Crippen LogP contribution in [0.3, 0.4) is 0 Å². The molecule has 6 aliphatic heterocycles. The summed E-state index contributed by atoms with van der Waals surface area (Å²) in [5, 5.41) is 24.4.